The van der Waals surface area contributed by atoms with Crippen LogP contribution in [-0.2, 0) is 0 Å². The van der Waals surface area contributed by atoms with Gasteiger partial charge in [0.05, 0.1) is 0 Å². The van der Waals surface area contributed by atoms with Gasteiger partial charge in [0.15, 0.2) is 0 Å². The van der Waals surface area contributed by atoms with Gasteiger partial charge in [-0.2, -0.15) is 13.2 Å². The van der Waals surface area contributed by atoms with Crippen molar-refractivity contribution < 1.29 is 13.2 Å². The molecule has 3 unspecified atom stereocenters. The SMILES string of the molecule is CCNC(C1CCCCC1CC)C(F)(F)F. The molecule has 1 rings (SSSR count). The highest BCUT2D eigenvalue weighted by Gasteiger charge is 2.46. The molecule has 3 atom stereocenters. The third-order valence-electron chi connectivity index (χ3n) is 3.70. The first-order valence-electron chi connectivity index (χ1n) is 6.30. The maximum Gasteiger partial charge on any atom is 0.404 e. The lowest BCUT2D eigenvalue weighted by Crippen LogP contribution is -2.50. The van der Waals surface area contributed by atoms with Gasteiger partial charge in [0.2, 0.25) is 0 Å². The van der Waals surface area contributed by atoms with E-state index in [9.17, 15) is 13.2 Å². The lowest BCUT2D eigenvalue weighted by atomic mass is 9.74. The van der Waals surface area contributed by atoms with Gasteiger partial charge in [-0.15, -0.1) is 0 Å². The quantitative estimate of drug-likeness (QED) is 0.785. The fraction of sp³-hybridized carbons (Fsp3) is 1.00. The summed E-state index contributed by atoms with van der Waals surface area (Å²) in [5.41, 5.74) is 0. The molecule has 0 spiro atoms. The zero-order chi connectivity index (χ0) is 12.2. The van der Waals surface area contributed by atoms with Gasteiger partial charge in [0.25, 0.3) is 0 Å². The summed E-state index contributed by atoms with van der Waals surface area (Å²) in [6.07, 6.45) is 0.466. The topological polar surface area (TPSA) is 12.0 Å². The van der Waals surface area contributed by atoms with Crippen molar-refractivity contribution in [2.24, 2.45) is 11.8 Å². The highest BCUT2D eigenvalue weighted by Crippen LogP contribution is 2.39. The Balaban J connectivity index is 2.74. The van der Waals surface area contributed by atoms with Crippen LogP contribution in [0.25, 0.3) is 0 Å². The molecule has 0 bridgehead atoms. The molecule has 0 radical (unpaired) electrons. The highest BCUT2D eigenvalue weighted by molar-refractivity contribution is 4.88. The Morgan fingerprint density at radius 1 is 1.19 bits per heavy atom. The number of hydrogen-bond donors (Lipinski definition) is 1. The Labute approximate surface area is 95.8 Å². The van der Waals surface area contributed by atoms with Crippen molar-refractivity contribution in [1.29, 1.82) is 0 Å². The maximum atomic E-state index is 12.9. The van der Waals surface area contributed by atoms with Crippen LogP contribution in [0.5, 0.6) is 0 Å². The average molecular weight is 237 g/mol. The van der Waals surface area contributed by atoms with E-state index in [1.807, 2.05) is 6.92 Å². The van der Waals surface area contributed by atoms with Crippen molar-refractivity contribution in [1.82, 2.24) is 5.32 Å². The second kappa shape index (κ2) is 5.89. The number of hydrogen-bond acceptors (Lipinski definition) is 1. The molecule has 0 aromatic carbocycles. The van der Waals surface area contributed by atoms with Crippen LogP contribution in [0.1, 0.15) is 46.0 Å². The molecule has 1 saturated carbocycles. The van der Waals surface area contributed by atoms with E-state index in [2.05, 4.69) is 5.32 Å². The zero-order valence-corrected chi connectivity index (χ0v) is 10.1. The van der Waals surface area contributed by atoms with E-state index in [-0.39, 0.29) is 11.8 Å². The largest absolute Gasteiger partial charge is 0.404 e. The van der Waals surface area contributed by atoms with E-state index in [1.54, 1.807) is 6.92 Å². The summed E-state index contributed by atoms with van der Waals surface area (Å²) in [6.45, 7) is 4.13. The van der Waals surface area contributed by atoms with Gasteiger partial charge in [0.1, 0.15) is 6.04 Å². The molecule has 0 aromatic rings. The molecule has 1 fully saturated rings. The predicted molar refractivity (Wildman–Crippen MR) is 59.3 cm³/mol. The summed E-state index contributed by atoms with van der Waals surface area (Å²) in [6, 6.07) is -1.30. The third kappa shape index (κ3) is 3.37. The van der Waals surface area contributed by atoms with Crippen LogP contribution in [-0.4, -0.2) is 18.8 Å². The van der Waals surface area contributed by atoms with Gasteiger partial charge in [-0.25, -0.2) is 0 Å². The monoisotopic (exact) mass is 237 g/mol. The smallest absolute Gasteiger partial charge is 0.306 e. The van der Waals surface area contributed by atoms with E-state index < -0.39 is 12.2 Å². The summed E-state index contributed by atoms with van der Waals surface area (Å²) in [5, 5.41) is 2.63. The second-order valence-corrected chi connectivity index (χ2v) is 4.69. The Morgan fingerprint density at radius 2 is 1.81 bits per heavy atom. The van der Waals surface area contributed by atoms with Crippen LogP contribution in [0.15, 0.2) is 0 Å². The van der Waals surface area contributed by atoms with Crippen molar-refractivity contribution in [2.75, 3.05) is 6.54 Å². The first kappa shape index (κ1) is 13.8. The Bertz CT molecular complexity index is 203. The molecule has 16 heavy (non-hydrogen) atoms. The molecule has 4 heteroatoms. The van der Waals surface area contributed by atoms with Crippen LogP contribution >= 0.6 is 0 Å². The minimum atomic E-state index is -4.11. The van der Waals surface area contributed by atoms with Gasteiger partial charge >= 0.3 is 6.18 Å². The summed E-state index contributed by atoms with van der Waals surface area (Å²) < 4.78 is 38.8. The first-order valence-corrected chi connectivity index (χ1v) is 6.30. The fourth-order valence-corrected chi connectivity index (χ4v) is 2.91. The lowest BCUT2D eigenvalue weighted by Gasteiger charge is -2.38. The van der Waals surface area contributed by atoms with Crippen molar-refractivity contribution in [3.8, 4) is 0 Å². The number of nitrogens with one attached hydrogen (secondary N) is 1. The second-order valence-electron chi connectivity index (χ2n) is 4.69. The van der Waals surface area contributed by atoms with Crippen LogP contribution in [0, 0.1) is 11.8 Å². The standard InChI is InChI=1S/C12H22F3N/c1-3-9-7-5-6-8-10(9)11(16-4-2)12(13,14)15/h9-11,16H,3-8H2,1-2H3. The van der Waals surface area contributed by atoms with Crippen LogP contribution in [0.3, 0.4) is 0 Å². The highest BCUT2D eigenvalue weighted by atomic mass is 19.4. The zero-order valence-electron chi connectivity index (χ0n) is 10.1. The minimum Gasteiger partial charge on any atom is -0.306 e. The average Bonchev–Trinajstić information content (AvgIpc) is 2.24. The Kier molecular flexibility index (Phi) is 5.09. The first-order chi connectivity index (χ1) is 7.50. The van der Waals surface area contributed by atoms with Gasteiger partial charge in [-0.3, -0.25) is 0 Å². The maximum absolute atomic E-state index is 12.9. The van der Waals surface area contributed by atoms with Crippen molar-refractivity contribution in [3.63, 3.8) is 0 Å². The minimum absolute atomic E-state index is 0.223. The molecule has 1 aliphatic carbocycles. The number of rotatable bonds is 4. The predicted octanol–water partition coefficient (Wildman–Crippen LogP) is 3.74. The van der Waals surface area contributed by atoms with Crippen molar-refractivity contribution in [2.45, 2.75) is 58.2 Å². The number of halogens is 3. The molecule has 96 valence electrons. The normalized spacial score (nSPS) is 29.1. The van der Waals surface area contributed by atoms with E-state index in [0.717, 1.165) is 32.1 Å². The molecular weight excluding hydrogens is 215 g/mol. The van der Waals surface area contributed by atoms with Crippen LogP contribution in [0.2, 0.25) is 0 Å². The van der Waals surface area contributed by atoms with Crippen LogP contribution in [0.4, 0.5) is 13.2 Å². The van der Waals surface area contributed by atoms with E-state index in [4.69, 9.17) is 0 Å². The van der Waals surface area contributed by atoms with Crippen LogP contribution < -0.4 is 5.32 Å². The molecular formula is C12H22F3N. The van der Waals surface area contributed by atoms with E-state index in [0.29, 0.717) is 6.54 Å². The number of alkyl halides is 3. The van der Waals surface area contributed by atoms with Gasteiger partial charge in [-0.05, 0) is 24.8 Å². The molecule has 0 aliphatic heterocycles. The summed E-state index contributed by atoms with van der Waals surface area (Å²) in [5.74, 6) is 0.0122. The summed E-state index contributed by atoms with van der Waals surface area (Å²) in [7, 11) is 0. The Morgan fingerprint density at radius 3 is 2.31 bits per heavy atom. The fourth-order valence-electron chi connectivity index (χ4n) is 2.91. The van der Waals surface area contributed by atoms with Gasteiger partial charge < -0.3 is 5.32 Å². The third-order valence-corrected chi connectivity index (χ3v) is 3.70. The van der Waals surface area contributed by atoms with Crippen molar-refractivity contribution >= 4 is 0 Å². The van der Waals surface area contributed by atoms with E-state index >= 15 is 0 Å². The van der Waals surface area contributed by atoms with Gasteiger partial charge in [0, 0.05) is 0 Å². The van der Waals surface area contributed by atoms with Gasteiger partial charge in [-0.1, -0.05) is 39.5 Å². The summed E-state index contributed by atoms with van der Waals surface area (Å²) in [4.78, 5) is 0. The molecule has 0 amide bonds. The molecule has 0 aromatic heterocycles. The molecule has 1 aliphatic rings. The van der Waals surface area contributed by atoms with Crippen molar-refractivity contribution in [3.05, 3.63) is 0 Å². The Hall–Kier alpha value is -0.250. The molecule has 0 heterocycles. The molecule has 0 saturated heterocycles. The molecule has 1 nitrogen and oxygen atoms in total. The molecule has 1 N–H and O–H groups in total. The van der Waals surface area contributed by atoms with E-state index in [1.165, 1.54) is 0 Å². The lowest BCUT2D eigenvalue weighted by molar-refractivity contribution is -0.175. The summed E-state index contributed by atoms with van der Waals surface area (Å²) >= 11 is 0.